The number of fused-ring (bicyclic) bond motifs is 7. The molecule has 244 valence electrons. The van der Waals surface area contributed by atoms with E-state index < -0.39 is 11.6 Å². The highest BCUT2D eigenvalue weighted by atomic mass is 32.1. The van der Waals surface area contributed by atoms with E-state index in [9.17, 15) is 9.59 Å². The first-order valence-electron chi connectivity index (χ1n) is 15.6. The maximum atomic E-state index is 13.5. The van der Waals surface area contributed by atoms with Crippen molar-refractivity contribution in [1.29, 1.82) is 0 Å². The minimum absolute atomic E-state index is 0.248. The Bertz CT molecular complexity index is 2050. The van der Waals surface area contributed by atoms with Crippen molar-refractivity contribution in [3.05, 3.63) is 106 Å². The SMILES string of the molecule is C/N=C\c1nc2ccc(OCCCNC(=O)c3ccc4c(c3)C3(OC4=O)c4ccc(N(C)C)cc4Oc4cc(N(C)C)ccc43)cc2s1. The number of esters is 1. The average Bonchev–Trinajstić information content (AvgIpc) is 3.61. The van der Waals surface area contributed by atoms with Crippen LogP contribution >= 0.6 is 11.3 Å². The van der Waals surface area contributed by atoms with E-state index in [1.165, 1.54) is 0 Å². The molecule has 4 aromatic carbocycles. The third kappa shape index (κ3) is 5.39. The van der Waals surface area contributed by atoms with Gasteiger partial charge in [0.1, 0.15) is 22.3 Å². The van der Waals surface area contributed by atoms with Crippen molar-refractivity contribution < 1.29 is 23.8 Å². The third-order valence-corrected chi connectivity index (χ3v) is 9.51. The van der Waals surface area contributed by atoms with Crippen LogP contribution in [-0.4, -0.2) is 71.5 Å². The van der Waals surface area contributed by atoms with Crippen LogP contribution in [0.2, 0.25) is 0 Å². The molecule has 1 spiro atoms. The first kappa shape index (κ1) is 31.2. The number of nitrogens with zero attached hydrogens (tertiary/aromatic N) is 4. The van der Waals surface area contributed by atoms with Gasteiger partial charge in [-0.2, -0.15) is 0 Å². The van der Waals surface area contributed by atoms with Crippen molar-refractivity contribution in [1.82, 2.24) is 10.3 Å². The van der Waals surface area contributed by atoms with Gasteiger partial charge >= 0.3 is 5.97 Å². The smallest absolute Gasteiger partial charge is 0.340 e. The summed E-state index contributed by atoms with van der Waals surface area (Å²) >= 11 is 1.56. The number of carbonyl (C=O) groups excluding carboxylic acids is 2. The van der Waals surface area contributed by atoms with Crippen LogP contribution < -0.4 is 24.6 Å². The predicted octanol–water partition coefficient (Wildman–Crippen LogP) is 6.24. The molecule has 0 saturated carbocycles. The fourth-order valence-electron chi connectivity index (χ4n) is 6.14. The zero-order valence-corrected chi connectivity index (χ0v) is 28.2. The number of rotatable bonds is 9. The average molecular weight is 662 g/mol. The number of thiazole rings is 1. The summed E-state index contributed by atoms with van der Waals surface area (Å²) in [5, 5.41) is 3.85. The minimum Gasteiger partial charge on any atom is -0.493 e. The lowest BCUT2D eigenvalue weighted by atomic mass is 9.77. The Hall–Kier alpha value is -5.42. The normalized spacial score (nSPS) is 13.9. The van der Waals surface area contributed by atoms with Crippen LogP contribution in [0.25, 0.3) is 10.2 Å². The molecule has 1 aromatic heterocycles. The third-order valence-electron chi connectivity index (χ3n) is 8.56. The molecule has 2 aliphatic heterocycles. The molecular formula is C37H35N5O5S. The molecule has 2 aliphatic rings. The molecule has 0 saturated heterocycles. The summed E-state index contributed by atoms with van der Waals surface area (Å²) in [5.41, 5.74) is 4.36. The highest BCUT2D eigenvalue weighted by Gasteiger charge is 2.54. The van der Waals surface area contributed by atoms with E-state index in [-0.39, 0.29) is 5.91 Å². The van der Waals surface area contributed by atoms with Crippen LogP contribution in [0.3, 0.4) is 0 Å². The lowest BCUT2D eigenvalue weighted by Crippen LogP contribution is -2.33. The Morgan fingerprint density at radius 3 is 2.31 bits per heavy atom. The molecule has 11 heteroatoms. The van der Waals surface area contributed by atoms with Crippen molar-refractivity contribution in [2.45, 2.75) is 12.0 Å². The summed E-state index contributed by atoms with van der Waals surface area (Å²) in [4.78, 5) is 39.4. The molecule has 5 aromatic rings. The van der Waals surface area contributed by atoms with Crippen LogP contribution in [0.15, 0.2) is 77.8 Å². The van der Waals surface area contributed by atoms with E-state index in [0.29, 0.717) is 58.9 Å². The van der Waals surface area contributed by atoms with E-state index in [2.05, 4.69) is 15.3 Å². The molecule has 48 heavy (non-hydrogen) atoms. The van der Waals surface area contributed by atoms with Crippen molar-refractivity contribution in [2.75, 3.05) is 58.2 Å². The standard InChI is InChI=1S/C37H35N5O5S/c1-38-21-34-40-30-14-10-25(20-33(30)48-34)45-16-6-15-39-35(43)22-7-11-26-29(17-22)37(47-36(26)44)27-12-8-23(41(2)3)18-31(27)46-32-19-24(42(4)5)9-13-28(32)37/h7-14,17-21H,6,15-16H2,1-5H3,(H,39,43)/b38-21-. The molecule has 3 heterocycles. The van der Waals surface area contributed by atoms with Crippen molar-refractivity contribution >= 4 is 51.0 Å². The number of ether oxygens (including phenoxy) is 3. The number of aromatic nitrogens is 1. The van der Waals surface area contributed by atoms with Gasteiger partial charge in [-0.05, 0) is 67.1 Å². The molecule has 0 radical (unpaired) electrons. The van der Waals surface area contributed by atoms with Gasteiger partial charge in [-0.15, -0.1) is 11.3 Å². The summed E-state index contributed by atoms with van der Waals surface area (Å²) in [6.45, 7) is 0.845. The van der Waals surface area contributed by atoms with Crippen LogP contribution in [-0.2, 0) is 10.3 Å². The number of carbonyl (C=O) groups is 2. The number of hydrogen-bond acceptors (Lipinski definition) is 10. The molecule has 0 bridgehead atoms. The van der Waals surface area contributed by atoms with Gasteiger partial charge < -0.3 is 29.3 Å². The number of benzene rings is 4. The number of amides is 1. The summed E-state index contributed by atoms with van der Waals surface area (Å²) in [7, 11) is 9.56. The number of anilines is 2. The second-order valence-corrected chi connectivity index (χ2v) is 13.2. The number of nitrogens with one attached hydrogen (secondary N) is 1. The predicted molar refractivity (Wildman–Crippen MR) is 189 cm³/mol. The first-order valence-corrected chi connectivity index (χ1v) is 16.4. The minimum atomic E-state index is -1.28. The van der Waals surface area contributed by atoms with Gasteiger partial charge in [0.2, 0.25) is 0 Å². The maximum Gasteiger partial charge on any atom is 0.340 e. The molecule has 7 rings (SSSR count). The van der Waals surface area contributed by atoms with Crippen molar-refractivity contribution in [3.63, 3.8) is 0 Å². The Labute approximate surface area is 282 Å². The second-order valence-electron chi connectivity index (χ2n) is 12.1. The second kappa shape index (κ2) is 12.3. The van der Waals surface area contributed by atoms with Crippen molar-refractivity contribution in [3.8, 4) is 17.2 Å². The van der Waals surface area contributed by atoms with Crippen LogP contribution in [0.1, 0.15) is 48.8 Å². The van der Waals surface area contributed by atoms with E-state index in [1.807, 2.05) is 92.6 Å². The van der Waals surface area contributed by atoms with E-state index in [4.69, 9.17) is 14.2 Å². The van der Waals surface area contributed by atoms with Gasteiger partial charge in [-0.3, -0.25) is 9.79 Å². The summed E-state index contributed by atoms with van der Waals surface area (Å²) in [6.07, 6.45) is 2.35. The topological polar surface area (TPSA) is 106 Å². The monoisotopic (exact) mass is 661 g/mol. The quantitative estimate of drug-likeness (QED) is 0.112. The summed E-state index contributed by atoms with van der Waals surface area (Å²) in [6, 6.07) is 22.6. The fraction of sp³-hybridized carbons (Fsp3) is 0.243. The molecule has 10 nitrogen and oxygen atoms in total. The van der Waals surface area contributed by atoms with E-state index in [0.717, 1.165) is 32.3 Å². The molecule has 0 aliphatic carbocycles. The van der Waals surface area contributed by atoms with Crippen molar-refractivity contribution in [2.24, 2.45) is 4.99 Å². The molecule has 0 atom stereocenters. The lowest BCUT2D eigenvalue weighted by Gasteiger charge is -2.37. The van der Waals surface area contributed by atoms with Crippen LogP contribution in [0, 0.1) is 0 Å². The summed E-state index contributed by atoms with van der Waals surface area (Å²) in [5.74, 6) is 1.22. The molecular weight excluding hydrogens is 627 g/mol. The highest BCUT2D eigenvalue weighted by Crippen LogP contribution is 2.57. The molecule has 0 unspecified atom stereocenters. The Kier molecular flexibility index (Phi) is 8.00. The van der Waals surface area contributed by atoms with Gasteiger partial charge in [-0.1, -0.05) is 0 Å². The van der Waals surface area contributed by atoms with E-state index in [1.54, 1.807) is 42.8 Å². The first-order chi connectivity index (χ1) is 23.2. The van der Waals surface area contributed by atoms with Crippen LogP contribution in [0.4, 0.5) is 11.4 Å². The largest absolute Gasteiger partial charge is 0.493 e. The fourth-order valence-corrected chi connectivity index (χ4v) is 7.06. The van der Waals surface area contributed by atoms with Gasteiger partial charge in [-0.25, -0.2) is 9.78 Å². The Morgan fingerprint density at radius 2 is 1.65 bits per heavy atom. The van der Waals surface area contributed by atoms with Crippen LogP contribution in [0.5, 0.6) is 17.2 Å². The molecule has 0 fully saturated rings. The maximum absolute atomic E-state index is 13.5. The lowest BCUT2D eigenvalue weighted by molar-refractivity contribution is 0.0224. The Balaban J connectivity index is 1.12. The number of hydrogen-bond donors (Lipinski definition) is 1. The van der Waals surface area contributed by atoms with Gasteiger partial charge in [0, 0.05) is 87.5 Å². The zero-order valence-electron chi connectivity index (χ0n) is 27.4. The number of aliphatic imine (C=N–C) groups is 1. The van der Waals surface area contributed by atoms with Gasteiger partial charge in [0.25, 0.3) is 5.91 Å². The summed E-state index contributed by atoms with van der Waals surface area (Å²) < 4.78 is 19.8. The molecule has 1 amide bonds. The highest BCUT2D eigenvalue weighted by molar-refractivity contribution is 7.20. The molecule has 1 N–H and O–H groups in total. The Morgan fingerprint density at radius 1 is 0.938 bits per heavy atom. The zero-order chi connectivity index (χ0) is 33.6. The van der Waals surface area contributed by atoms with E-state index >= 15 is 0 Å². The van der Waals surface area contributed by atoms with Gasteiger partial charge in [0.05, 0.1) is 28.6 Å². The van der Waals surface area contributed by atoms with Gasteiger partial charge in [0.15, 0.2) is 5.60 Å².